The molecule has 0 unspecified atom stereocenters. The molecule has 0 saturated heterocycles. The molecule has 0 heterocycles. The summed E-state index contributed by atoms with van der Waals surface area (Å²) in [5, 5.41) is 0. The van der Waals surface area contributed by atoms with E-state index in [9.17, 15) is 0 Å². The predicted molar refractivity (Wildman–Crippen MR) is 98.3 cm³/mol. The van der Waals surface area contributed by atoms with E-state index in [1.165, 1.54) is 101 Å². The van der Waals surface area contributed by atoms with Crippen LogP contribution >= 0.6 is 11.6 Å². The summed E-state index contributed by atoms with van der Waals surface area (Å²) in [6.45, 7) is 8.67. The smallest absolute Gasteiger partial charge is 0.0784 e. The van der Waals surface area contributed by atoms with Gasteiger partial charge in [0.2, 0.25) is 0 Å². The zero-order valence-electron chi connectivity index (χ0n) is 15.1. The van der Waals surface area contributed by atoms with Crippen LogP contribution in [0.25, 0.3) is 0 Å². The molecule has 0 amide bonds. The lowest BCUT2D eigenvalue weighted by Crippen LogP contribution is -2.46. The van der Waals surface area contributed by atoms with Gasteiger partial charge in [-0.05, 0) is 38.5 Å². The van der Waals surface area contributed by atoms with Gasteiger partial charge in [0.05, 0.1) is 26.7 Å². The van der Waals surface area contributed by atoms with Crippen molar-refractivity contribution < 1.29 is 4.48 Å². The Hall–Kier alpha value is 0.250. The first kappa shape index (κ1) is 21.2. The van der Waals surface area contributed by atoms with E-state index in [0.29, 0.717) is 0 Å². The summed E-state index contributed by atoms with van der Waals surface area (Å²) < 4.78 is 1.29. The summed E-state index contributed by atoms with van der Waals surface area (Å²) >= 11 is 5.85. The van der Waals surface area contributed by atoms with Crippen molar-refractivity contribution in [2.24, 2.45) is 0 Å². The Morgan fingerprint density at radius 2 is 0.952 bits per heavy atom. The molecule has 1 nitrogen and oxygen atoms in total. The van der Waals surface area contributed by atoms with Gasteiger partial charge in [-0.25, -0.2) is 0 Å². The van der Waals surface area contributed by atoms with E-state index in [2.05, 4.69) is 20.9 Å². The van der Waals surface area contributed by atoms with Gasteiger partial charge >= 0.3 is 0 Å². The highest BCUT2D eigenvalue weighted by molar-refractivity contribution is 6.17. The minimum Gasteiger partial charge on any atom is -0.326 e. The quantitative estimate of drug-likeness (QED) is 0.176. The molecule has 0 rings (SSSR count). The van der Waals surface area contributed by atoms with Crippen molar-refractivity contribution in [3.05, 3.63) is 0 Å². The topological polar surface area (TPSA) is 0 Å². The lowest BCUT2D eigenvalue weighted by molar-refractivity contribution is -0.910. The number of quaternary nitrogens is 1. The summed E-state index contributed by atoms with van der Waals surface area (Å²) in [6, 6.07) is 0. The maximum absolute atomic E-state index is 5.85. The maximum atomic E-state index is 5.85. The van der Waals surface area contributed by atoms with Crippen LogP contribution in [0.15, 0.2) is 0 Å². The molecule has 0 aliphatic heterocycles. The largest absolute Gasteiger partial charge is 0.326 e. The number of rotatable bonds is 16. The first-order valence-corrected chi connectivity index (χ1v) is 10.1. The van der Waals surface area contributed by atoms with Gasteiger partial charge < -0.3 is 4.48 Å². The number of nitrogens with zero attached hydrogens (tertiary/aromatic N) is 1. The first-order valence-electron chi connectivity index (χ1n) is 9.58. The summed E-state index contributed by atoms with van der Waals surface area (Å²) in [5.74, 6) is 0.826. The van der Waals surface area contributed by atoms with E-state index in [4.69, 9.17) is 11.6 Å². The van der Waals surface area contributed by atoms with E-state index in [1.807, 2.05) is 0 Å². The van der Waals surface area contributed by atoms with E-state index in [1.54, 1.807) is 0 Å². The fourth-order valence-corrected chi connectivity index (χ4v) is 3.31. The maximum Gasteiger partial charge on any atom is 0.0784 e. The van der Waals surface area contributed by atoms with E-state index in [-0.39, 0.29) is 0 Å². The van der Waals surface area contributed by atoms with E-state index < -0.39 is 0 Å². The average Bonchev–Trinajstić information content (AvgIpc) is 2.47. The SMILES string of the molecule is CCCCCCC[N+](C)(CCCCCl)CCCCCCC. The van der Waals surface area contributed by atoms with Gasteiger partial charge in [-0.15, -0.1) is 11.6 Å². The Kier molecular flexibility index (Phi) is 15.3. The molecular formula is C19H41ClN+. The van der Waals surface area contributed by atoms with E-state index in [0.717, 1.165) is 5.88 Å². The Morgan fingerprint density at radius 3 is 1.33 bits per heavy atom. The van der Waals surface area contributed by atoms with Crippen molar-refractivity contribution in [3.8, 4) is 0 Å². The molecular weight excluding hydrogens is 278 g/mol. The van der Waals surface area contributed by atoms with Crippen LogP contribution in [0.3, 0.4) is 0 Å². The first-order chi connectivity index (χ1) is 10.2. The van der Waals surface area contributed by atoms with Crippen LogP contribution in [0.1, 0.15) is 90.9 Å². The molecule has 0 radical (unpaired) electrons. The number of hydrogen-bond acceptors (Lipinski definition) is 0. The molecule has 0 aromatic rings. The van der Waals surface area contributed by atoms with Crippen molar-refractivity contribution in [2.75, 3.05) is 32.6 Å². The van der Waals surface area contributed by atoms with Crippen LogP contribution < -0.4 is 0 Å². The van der Waals surface area contributed by atoms with Crippen LogP contribution in [-0.4, -0.2) is 37.0 Å². The number of unbranched alkanes of at least 4 members (excludes halogenated alkanes) is 9. The Bertz CT molecular complexity index is 192. The lowest BCUT2D eigenvalue weighted by atomic mass is 10.1. The summed E-state index contributed by atoms with van der Waals surface area (Å²) in [5.41, 5.74) is 0. The molecule has 0 aromatic carbocycles. The second-order valence-corrected chi connectivity index (χ2v) is 7.39. The van der Waals surface area contributed by atoms with Gasteiger partial charge in [-0.2, -0.15) is 0 Å². The monoisotopic (exact) mass is 318 g/mol. The highest BCUT2D eigenvalue weighted by Gasteiger charge is 2.19. The van der Waals surface area contributed by atoms with Gasteiger partial charge in [0.15, 0.2) is 0 Å². The summed E-state index contributed by atoms with van der Waals surface area (Å²) in [7, 11) is 2.48. The van der Waals surface area contributed by atoms with Crippen LogP contribution in [0.5, 0.6) is 0 Å². The standard InChI is InChI=1S/C19H41ClN/c1-4-6-8-10-13-17-21(3,19-15-12-16-20)18-14-11-9-7-5-2/h4-19H2,1-3H3/q+1. The molecule has 0 saturated carbocycles. The third-order valence-corrected chi connectivity index (χ3v) is 4.95. The molecule has 0 N–H and O–H groups in total. The van der Waals surface area contributed by atoms with Crippen LogP contribution in [0, 0.1) is 0 Å². The second kappa shape index (κ2) is 15.2. The van der Waals surface area contributed by atoms with Crippen LogP contribution in [0.2, 0.25) is 0 Å². The highest BCUT2D eigenvalue weighted by Crippen LogP contribution is 2.14. The van der Waals surface area contributed by atoms with Gasteiger partial charge in [0, 0.05) is 5.88 Å². The fraction of sp³-hybridized carbons (Fsp3) is 1.00. The minimum absolute atomic E-state index is 0.826. The van der Waals surface area contributed by atoms with Crippen molar-refractivity contribution in [2.45, 2.75) is 90.9 Å². The Morgan fingerprint density at radius 1 is 0.571 bits per heavy atom. The molecule has 128 valence electrons. The van der Waals surface area contributed by atoms with Crippen LogP contribution in [0.4, 0.5) is 0 Å². The second-order valence-electron chi connectivity index (χ2n) is 7.01. The molecule has 0 aromatic heterocycles. The normalized spacial score (nSPS) is 12.0. The molecule has 0 bridgehead atoms. The molecule has 21 heavy (non-hydrogen) atoms. The van der Waals surface area contributed by atoms with Crippen LogP contribution in [-0.2, 0) is 0 Å². The molecule has 0 spiro atoms. The van der Waals surface area contributed by atoms with E-state index >= 15 is 0 Å². The van der Waals surface area contributed by atoms with Gasteiger partial charge in [-0.1, -0.05) is 52.4 Å². The number of halogens is 1. The summed E-state index contributed by atoms with van der Waals surface area (Å²) in [4.78, 5) is 0. The third kappa shape index (κ3) is 13.6. The number of hydrogen-bond donors (Lipinski definition) is 0. The predicted octanol–water partition coefficient (Wildman–Crippen LogP) is 6.39. The zero-order valence-corrected chi connectivity index (χ0v) is 15.9. The van der Waals surface area contributed by atoms with Crippen molar-refractivity contribution >= 4 is 11.6 Å². The van der Waals surface area contributed by atoms with Crippen molar-refractivity contribution in [1.82, 2.24) is 0 Å². The Labute approximate surface area is 140 Å². The minimum atomic E-state index is 0.826. The highest BCUT2D eigenvalue weighted by atomic mass is 35.5. The third-order valence-electron chi connectivity index (χ3n) is 4.68. The summed E-state index contributed by atoms with van der Waals surface area (Å²) in [6.07, 6.45) is 16.5. The zero-order chi connectivity index (χ0) is 15.8. The lowest BCUT2D eigenvalue weighted by Gasteiger charge is -2.35. The van der Waals surface area contributed by atoms with Crippen molar-refractivity contribution in [3.63, 3.8) is 0 Å². The van der Waals surface area contributed by atoms with Gasteiger partial charge in [0.1, 0.15) is 0 Å². The van der Waals surface area contributed by atoms with Gasteiger partial charge in [0.25, 0.3) is 0 Å². The van der Waals surface area contributed by atoms with Crippen molar-refractivity contribution in [1.29, 1.82) is 0 Å². The number of alkyl halides is 1. The molecule has 0 fully saturated rings. The Balaban J connectivity index is 3.95. The molecule has 0 aliphatic carbocycles. The molecule has 0 aliphatic rings. The fourth-order valence-electron chi connectivity index (χ4n) is 3.12. The molecule has 0 atom stereocenters. The van der Waals surface area contributed by atoms with Gasteiger partial charge in [-0.3, -0.25) is 0 Å². The average molecular weight is 319 g/mol. The molecule has 2 heteroatoms.